The van der Waals surface area contributed by atoms with Gasteiger partial charge in [-0.25, -0.2) is 0 Å². The van der Waals surface area contributed by atoms with Gasteiger partial charge in [0.1, 0.15) is 0 Å². The van der Waals surface area contributed by atoms with Crippen LogP contribution in [-0.4, -0.2) is 6.61 Å². The van der Waals surface area contributed by atoms with Crippen LogP contribution >= 0.6 is 0 Å². The summed E-state index contributed by atoms with van der Waals surface area (Å²) in [7, 11) is 0. The Labute approximate surface area is 104 Å². The molecule has 17 heavy (non-hydrogen) atoms. The Morgan fingerprint density at radius 2 is 1.82 bits per heavy atom. The van der Waals surface area contributed by atoms with Gasteiger partial charge in [0.15, 0.2) is 0 Å². The molecule has 0 aliphatic heterocycles. The lowest BCUT2D eigenvalue weighted by Gasteiger charge is -2.25. The second-order valence-corrected chi connectivity index (χ2v) is 6.36. The molecule has 1 heteroatoms. The molecule has 4 rings (SSSR count). The summed E-state index contributed by atoms with van der Waals surface area (Å²) in [5.74, 6) is 1.30. The topological polar surface area (TPSA) is 9.23 Å². The Kier molecular flexibility index (Phi) is 1.92. The quantitative estimate of drug-likeness (QED) is 0.641. The molecule has 0 N–H and O–H groups in total. The second kappa shape index (κ2) is 3.18. The lowest BCUT2D eigenvalue weighted by molar-refractivity contribution is 0.216. The minimum absolute atomic E-state index is 0.541. The molecule has 0 amide bonds. The Morgan fingerprint density at radius 3 is 2.35 bits per heavy atom. The first kappa shape index (κ1) is 10.2. The first-order valence-electron chi connectivity index (χ1n) is 7.36. The molecule has 1 nitrogen and oxygen atoms in total. The lowest BCUT2D eigenvalue weighted by atomic mass is 9.78. The van der Waals surface area contributed by atoms with E-state index in [1.54, 1.807) is 0 Å². The van der Waals surface area contributed by atoms with Gasteiger partial charge in [-0.2, -0.15) is 0 Å². The molecule has 0 saturated heterocycles. The van der Waals surface area contributed by atoms with E-state index in [9.17, 15) is 0 Å². The normalized spacial score (nSPS) is 31.2. The van der Waals surface area contributed by atoms with Crippen LogP contribution in [0.15, 0.2) is 23.0 Å². The molecule has 0 atom stereocenters. The minimum Gasteiger partial charge on any atom is -0.499 e. The highest BCUT2D eigenvalue weighted by Gasteiger charge is 2.66. The molecule has 0 aromatic heterocycles. The van der Waals surface area contributed by atoms with Crippen molar-refractivity contribution in [3.05, 3.63) is 23.0 Å². The number of hydrogen-bond donors (Lipinski definition) is 0. The Balaban J connectivity index is 1.74. The van der Waals surface area contributed by atoms with Crippen LogP contribution in [0.4, 0.5) is 0 Å². The fourth-order valence-corrected chi connectivity index (χ4v) is 4.17. The summed E-state index contributed by atoms with van der Waals surface area (Å²) in [6, 6.07) is 0. The van der Waals surface area contributed by atoms with Crippen molar-refractivity contribution in [2.24, 2.45) is 10.8 Å². The zero-order valence-corrected chi connectivity index (χ0v) is 10.8. The van der Waals surface area contributed by atoms with Crippen LogP contribution in [0, 0.1) is 10.8 Å². The predicted octanol–water partition coefficient (Wildman–Crippen LogP) is 4.35. The van der Waals surface area contributed by atoms with E-state index < -0.39 is 0 Å². The van der Waals surface area contributed by atoms with Gasteiger partial charge in [0.05, 0.1) is 12.4 Å². The smallest absolute Gasteiger partial charge is 0.0928 e. The van der Waals surface area contributed by atoms with Gasteiger partial charge >= 0.3 is 0 Å². The van der Waals surface area contributed by atoms with E-state index in [4.69, 9.17) is 4.74 Å². The Morgan fingerprint density at radius 1 is 1.06 bits per heavy atom. The largest absolute Gasteiger partial charge is 0.499 e. The van der Waals surface area contributed by atoms with Crippen molar-refractivity contribution in [2.75, 3.05) is 6.61 Å². The van der Waals surface area contributed by atoms with E-state index in [-0.39, 0.29) is 0 Å². The first-order valence-corrected chi connectivity index (χ1v) is 7.36. The zero-order chi connectivity index (χ0) is 11.5. The average Bonchev–Trinajstić information content (AvgIpc) is 3.13. The van der Waals surface area contributed by atoms with E-state index in [0.717, 1.165) is 13.0 Å². The van der Waals surface area contributed by atoms with Gasteiger partial charge < -0.3 is 4.74 Å². The van der Waals surface area contributed by atoms with Crippen LogP contribution in [0.2, 0.25) is 0 Å². The third-order valence-corrected chi connectivity index (χ3v) is 5.38. The van der Waals surface area contributed by atoms with Crippen molar-refractivity contribution in [3.63, 3.8) is 0 Å². The average molecular weight is 230 g/mol. The summed E-state index contributed by atoms with van der Waals surface area (Å²) < 4.78 is 5.85. The van der Waals surface area contributed by atoms with Gasteiger partial charge in [-0.05, 0) is 57.9 Å². The molecule has 3 saturated carbocycles. The Bertz CT molecular complexity index is 413. The van der Waals surface area contributed by atoms with Crippen LogP contribution in [0.25, 0.3) is 0 Å². The maximum atomic E-state index is 5.85. The predicted molar refractivity (Wildman–Crippen MR) is 68.5 cm³/mol. The van der Waals surface area contributed by atoms with Gasteiger partial charge in [0.25, 0.3) is 0 Å². The zero-order valence-electron chi connectivity index (χ0n) is 10.8. The minimum atomic E-state index is 0.541. The molecule has 0 heterocycles. The van der Waals surface area contributed by atoms with Crippen molar-refractivity contribution in [3.8, 4) is 0 Å². The van der Waals surface area contributed by atoms with Crippen LogP contribution < -0.4 is 0 Å². The highest BCUT2D eigenvalue weighted by molar-refractivity contribution is 5.43. The fraction of sp³-hybridized carbons (Fsp3) is 0.750. The number of fused-ring (bicyclic) bond motifs is 1. The third-order valence-electron chi connectivity index (χ3n) is 5.38. The van der Waals surface area contributed by atoms with Crippen molar-refractivity contribution in [2.45, 2.75) is 58.3 Å². The number of allylic oxidation sites excluding steroid dienone is 4. The highest BCUT2D eigenvalue weighted by Crippen LogP contribution is 2.77. The summed E-state index contributed by atoms with van der Waals surface area (Å²) in [5, 5.41) is 0. The molecule has 0 aromatic rings. The van der Waals surface area contributed by atoms with Crippen molar-refractivity contribution < 1.29 is 4.74 Å². The summed E-state index contributed by atoms with van der Waals surface area (Å²) in [6.45, 7) is 2.94. The second-order valence-electron chi connectivity index (χ2n) is 6.36. The van der Waals surface area contributed by atoms with Gasteiger partial charge in [-0.3, -0.25) is 0 Å². The molecule has 92 valence electrons. The van der Waals surface area contributed by atoms with E-state index in [2.05, 4.69) is 13.0 Å². The first-order chi connectivity index (χ1) is 8.30. The number of rotatable bonds is 2. The van der Waals surface area contributed by atoms with Gasteiger partial charge in [0, 0.05) is 17.3 Å². The van der Waals surface area contributed by atoms with Gasteiger partial charge in [0.2, 0.25) is 0 Å². The van der Waals surface area contributed by atoms with Crippen LogP contribution in [0.5, 0.6) is 0 Å². The van der Waals surface area contributed by atoms with E-state index in [1.165, 1.54) is 50.7 Å². The fourth-order valence-electron chi connectivity index (χ4n) is 4.17. The Hall–Kier alpha value is -0.720. The SMILES string of the molecule is CCOC1=CC2(CC2)C2(CC2)C(=C2CC2)CC1. The number of ether oxygens (including phenoxy) is 1. The van der Waals surface area contributed by atoms with E-state index in [1.807, 2.05) is 11.1 Å². The molecule has 4 aliphatic rings. The van der Waals surface area contributed by atoms with Crippen molar-refractivity contribution >= 4 is 0 Å². The molecule has 4 aliphatic carbocycles. The molecular formula is C16H22O. The summed E-state index contributed by atoms with van der Waals surface area (Å²) >= 11 is 0. The summed E-state index contributed by atoms with van der Waals surface area (Å²) in [5.41, 5.74) is 4.86. The molecule has 0 unspecified atom stereocenters. The van der Waals surface area contributed by atoms with Crippen LogP contribution in [0.3, 0.4) is 0 Å². The van der Waals surface area contributed by atoms with Crippen LogP contribution in [0.1, 0.15) is 58.3 Å². The van der Waals surface area contributed by atoms with E-state index in [0.29, 0.717) is 10.8 Å². The molecular weight excluding hydrogens is 208 g/mol. The molecule has 0 aromatic carbocycles. The third kappa shape index (κ3) is 1.37. The van der Waals surface area contributed by atoms with Crippen molar-refractivity contribution in [1.29, 1.82) is 0 Å². The van der Waals surface area contributed by atoms with Gasteiger partial charge in [-0.15, -0.1) is 0 Å². The molecule has 3 fully saturated rings. The monoisotopic (exact) mass is 230 g/mol. The summed E-state index contributed by atoms with van der Waals surface area (Å²) in [4.78, 5) is 0. The maximum Gasteiger partial charge on any atom is 0.0928 e. The standard InChI is InChI=1S/C16H22O/c1-2-17-13-5-6-14(12-3-4-12)16(9-10-16)15(11-13)7-8-15/h11H,2-10H2,1H3. The highest BCUT2D eigenvalue weighted by atomic mass is 16.5. The lowest BCUT2D eigenvalue weighted by Crippen LogP contribution is -2.17. The molecule has 0 bridgehead atoms. The van der Waals surface area contributed by atoms with E-state index >= 15 is 0 Å². The van der Waals surface area contributed by atoms with Gasteiger partial charge in [-0.1, -0.05) is 11.1 Å². The van der Waals surface area contributed by atoms with Crippen molar-refractivity contribution in [1.82, 2.24) is 0 Å². The number of hydrogen-bond acceptors (Lipinski definition) is 1. The molecule has 2 spiro atoms. The summed E-state index contributed by atoms with van der Waals surface area (Å²) in [6.07, 6.45) is 13.6. The maximum absolute atomic E-state index is 5.85. The molecule has 0 radical (unpaired) electrons. The van der Waals surface area contributed by atoms with Crippen LogP contribution in [-0.2, 0) is 4.74 Å².